The molecule has 0 saturated heterocycles. The number of amides is 1. The van der Waals surface area contributed by atoms with Crippen molar-refractivity contribution in [3.63, 3.8) is 0 Å². The van der Waals surface area contributed by atoms with E-state index in [1.54, 1.807) is 7.05 Å². The van der Waals surface area contributed by atoms with Crippen LogP contribution in [-0.4, -0.2) is 19.0 Å². The lowest BCUT2D eigenvalue weighted by atomic mass is 10.1. The first-order valence-corrected chi connectivity index (χ1v) is 6.67. The smallest absolute Gasteiger partial charge is 0.236 e. The molecule has 92 valence electrons. The summed E-state index contributed by atoms with van der Waals surface area (Å²) >= 11 is 3.58. The molecule has 0 spiro atoms. The topological polar surface area (TPSA) is 41.1 Å². The minimum absolute atomic E-state index is 0.0356. The van der Waals surface area contributed by atoms with Gasteiger partial charge in [0.25, 0.3) is 0 Å². The molecule has 0 fully saturated rings. The second-order valence-electron chi connectivity index (χ2n) is 4.40. The summed E-state index contributed by atoms with van der Waals surface area (Å²) in [5.74, 6) is 0.0356. The average Bonchev–Trinajstić information content (AvgIpc) is 2.73. The van der Waals surface area contributed by atoms with Crippen molar-refractivity contribution in [2.45, 2.75) is 31.8 Å². The largest absolute Gasteiger partial charge is 0.358 e. The first-order valence-electron chi connectivity index (χ1n) is 5.88. The molecular weight excluding hydrogens is 280 g/mol. The third-order valence-corrected chi connectivity index (χ3v) is 4.05. The minimum Gasteiger partial charge on any atom is -0.358 e. The van der Waals surface area contributed by atoms with E-state index in [9.17, 15) is 4.79 Å². The van der Waals surface area contributed by atoms with Crippen LogP contribution in [0.15, 0.2) is 22.7 Å². The first kappa shape index (κ1) is 12.6. The summed E-state index contributed by atoms with van der Waals surface area (Å²) in [5.41, 5.74) is 2.68. The van der Waals surface area contributed by atoms with Gasteiger partial charge in [0.15, 0.2) is 0 Å². The Balaban J connectivity index is 2.12. The standard InChI is InChI=1S/C13H17BrN2O/c1-8(13(17)15-2)16-12-7-6-9-10(12)4-3-5-11(9)14/h3-5,8,12,16H,6-7H2,1-2H3,(H,15,17). The zero-order valence-electron chi connectivity index (χ0n) is 10.1. The number of rotatable bonds is 3. The molecule has 1 aromatic rings. The predicted molar refractivity (Wildman–Crippen MR) is 71.9 cm³/mol. The second-order valence-corrected chi connectivity index (χ2v) is 5.26. The number of likely N-dealkylation sites (N-methyl/N-ethyl adjacent to an activating group) is 1. The molecule has 17 heavy (non-hydrogen) atoms. The summed E-state index contributed by atoms with van der Waals surface area (Å²) in [4.78, 5) is 11.5. The van der Waals surface area contributed by atoms with Crippen LogP contribution in [0, 0.1) is 0 Å². The highest BCUT2D eigenvalue weighted by molar-refractivity contribution is 9.10. The van der Waals surface area contributed by atoms with Gasteiger partial charge in [-0.1, -0.05) is 28.1 Å². The van der Waals surface area contributed by atoms with Crippen LogP contribution in [0.3, 0.4) is 0 Å². The quantitative estimate of drug-likeness (QED) is 0.897. The molecule has 2 unspecified atom stereocenters. The van der Waals surface area contributed by atoms with Crippen LogP contribution in [0.4, 0.5) is 0 Å². The minimum atomic E-state index is -0.157. The van der Waals surface area contributed by atoms with Crippen molar-refractivity contribution in [2.24, 2.45) is 0 Å². The summed E-state index contributed by atoms with van der Waals surface area (Å²) < 4.78 is 1.17. The summed E-state index contributed by atoms with van der Waals surface area (Å²) in [6, 6.07) is 6.39. The third kappa shape index (κ3) is 2.53. The highest BCUT2D eigenvalue weighted by Crippen LogP contribution is 2.35. The second kappa shape index (κ2) is 5.19. The highest BCUT2D eigenvalue weighted by Gasteiger charge is 2.26. The Hall–Kier alpha value is -0.870. The molecular formula is C13H17BrN2O. The highest BCUT2D eigenvalue weighted by atomic mass is 79.9. The van der Waals surface area contributed by atoms with Crippen LogP contribution in [0.25, 0.3) is 0 Å². The van der Waals surface area contributed by atoms with Crippen LogP contribution >= 0.6 is 15.9 Å². The summed E-state index contributed by atoms with van der Waals surface area (Å²) in [5, 5.41) is 6.04. The SMILES string of the molecule is CNC(=O)C(C)NC1CCc2c(Br)cccc21. The fourth-order valence-electron chi connectivity index (χ4n) is 2.38. The van der Waals surface area contributed by atoms with E-state index in [2.05, 4.69) is 38.7 Å². The number of carbonyl (C=O) groups excluding carboxylic acids is 1. The van der Waals surface area contributed by atoms with Gasteiger partial charge in [0.2, 0.25) is 5.91 Å². The van der Waals surface area contributed by atoms with Gasteiger partial charge in [-0.2, -0.15) is 0 Å². The van der Waals surface area contributed by atoms with E-state index >= 15 is 0 Å². The molecule has 1 aromatic carbocycles. The molecule has 2 atom stereocenters. The molecule has 0 heterocycles. The van der Waals surface area contributed by atoms with Crippen molar-refractivity contribution in [2.75, 3.05) is 7.05 Å². The molecule has 4 heteroatoms. The molecule has 3 nitrogen and oxygen atoms in total. The molecule has 0 saturated carbocycles. The summed E-state index contributed by atoms with van der Waals surface area (Å²) in [7, 11) is 1.67. The van der Waals surface area contributed by atoms with Gasteiger partial charge in [0.05, 0.1) is 6.04 Å². The normalized spacial score (nSPS) is 19.8. The van der Waals surface area contributed by atoms with Crippen molar-refractivity contribution >= 4 is 21.8 Å². The molecule has 0 bridgehead atoms. The van der Waals surface area contributed by atoms with Gasteiger partial charge in [0, 0.05) is 17.6 Å². The van der Waals surface area contributed by atoms with Crippen molar-refractivity contribution in [1.29, 1.82) is 0 Å². The Morgan fingerprint density at radius 1 is 1.53 bits per heavy atom. The number of carbonyl (C=O) groups is 1. The van der Waals surface area contributed by atoms with Gasteiger partial charge < -0.3 is 5.32 Å². The van der Waals surface area contributed by atoms with E-state index in [4.69, 9.17) is 0 Å². The molecule has 2 rings (SSSR count). The fourth-order valence-corrected chi connectivity index (χ4v) is 2.96. The van der Waals surface area contributed by atoms with Crippen molar-refractivity contribution in [3.05, 3.63) is 33.8 Å². The Morgan fingerprint density at radius 2 is 2.29 bits per heavy atom. The maximum atomic E-state index is 11.5. The number of hydrogen-bond acceptors (Lipinski definition) is 2. The van der Waals surface area contributed by atoms with Gasteiger partial charge in [-0.15, -0.1) is 0 Å². The maximum absolute atomic E-state index is 11.5. The number of hydrogen-bond donors (Lipinski definition) is 2. The number of halogens is 1. The van der Waals surface area contributed by atoms with E-state index in [1.165, 1.54) is 15.6 Å². The van der Waals surface area contributed by atoms with Crippen LogP contribution in [0.5, 0.6) is 0 Å². The Kier molecular flexibility index (Phi) is 3.84. The number of fused-ring (bicyclic) bond motifs is 1. The van der Waals surface area contributed by atoms with Crippen molar-refractivity contribution < 1.29 is 4.79 Å². The summed E-state index contributed by atoms with van der Waals surface area (Å²) in [6.45, 7) is 1.90. The van der Waals surface area contributed by atoms with E-state index in [1.807, 2.05) is 13.0 Å². The molecule has 1 aliphatic carbocycles. The Bertz CT molecular complexity index is 433. The first-order chi connectivity index (χ1) is 8.13. The lowest BCUT2D eigenvalue weighted by Crippen LogP contribution is -2.41. The number of nitrogens with one attached hydrogen (secondary N) is 2. The zero-order valence-corrected chi connectivity index (χ0v) is 11.7. The Morgan fingerprint density at radius 3 is 3.00 bits per heavy atom. The molecule has 1 aliphatic rings. The number of benzene rings is 1. The van der Waals surface area contributed by atoms with Gasteiger partial charge in [-0.05, 0) is 37.0 Å². The van der Waals surface area contributed by atoms with Gasteiger partial charge >= 0.3 is 0 Å². The van der Waals surface area contributed by atoms with E-state index in [0.717, 1.165) is 12.8 Å². The maximum Gasteiger partial charge on any atom is 0.236 e. The molecule has 0 aliphatic heterocycles. The molecule has 1 amide bonds. The van der Waals surface area contributed by atoms with Crippen LogP contribution < -0.4 is 10.6 Å². The zero-order chi connectivity index (χ0) is 12.4. The lowest BCUT2D eigenvalue weighted by molar-refractivity contribution is -0.122. The van der Waals surface area contributed by atoms with Crippen LogP contribution in [0.1, 0.15) is 30.5 Å². The van der Waals surface area contributed by atoms with Crippen molar-refractivity contribution in [1.82, 2.24) is 10.6 Å². The van der Waals surface area contributed by atoms with Gasteiger partial charge in [-0.3, -0.25) is 10.1 Å². The van der Waals surface area contributed by atoms with E-state index < -0.39 is 0 Å². The van der Waals surface area contributed by atoms with Gasteiger partial charge in [0.1, 0.15) is 0 Å². The van der Waals surface area contributed by atoms with Gasteiger partial charge in [-0.25, -0.2) is 0 Å². The summed E-state index contributed by atoms with van der Waals surface area (Å²) in [6.07, 6.45) is 2.12. The fraction of sp³-hybridized carbons (Fsp3) is 0.462. The predicted octanol–water partition coefficient (Wildman–Crippen LogP) is 2.16. The van der Waals surface area contributed by atoms with Crippen molar-refractivity contribution in [3.8, 4) is 0 Å². The Labute approximate surface area is 110 Å². The molecule has 0 aromatic heterocycles. The van der Waals surface area contributed by atoms with Crippen LogP contribution in [-0.2, 0) is 11.2 Å². The van der Waals surface area contributed by atoms with Crippen LogP contribution in [0.2, 0.25) is 0 Å². The third-order valence-electron chi connectivity index (χ3n) is 3.30. The molecule has 0 radical (unpaired) electrons. The molecule has 2 N–H and O–H groups in total. The van der Waals surface area contributed by atoms with E-state index in [0.29, 0.717) is 0 Å². The lowest BCUT2D eigenvalue weighted by Gasteiger charge is -2.19. The average molecular weight is 297 g/mol. The van der Waals surface area contributed by atoms with E-state index in [-0.39, 0.29) is 18.0 Å². The monoisotopic (exact) mass is 296 g/mol.